The van der Waals surface area contributed by atoms with Crippen LogP contribution in [-0.4, -0.2) is 19.0 Å². The van der Waals surface area contributed by atoms with Crippen LogP contribution in [0.4, 0.5) is 0 Å². The van der Waals surface area contributed by atoms with Crippen LogP contribution in [0.3, 0.4) is 0 Å². The summed E-state index contributed by atoms with van der Waals surface area (Å²) in [5.41, 5.74) is 1.54. The molecule has 0 saturated carbocycles. The number of hydrogen-bond acceptors (Lipinski definition) is 5. The van der Waals surface area contributed by atoms with Gasteiger partial charge in [0.15, 0.2) is 5.58 Å². The lowest BCUT2D eigenvalue weighted by Gasteiger charge is -2.13. The lowest BCUT2D eigenvalue weighted by Crippen LogP contribution is -2.34. The van der Waals surface area contributed by atoms with Gasteiger partial charge in [0.2, 0.25) is 10.0 Å². The minimum Gasteiger partial charge on any atom is -0.461 e. The van der Waals surface area contributed by atoms with Crippen molar-refractivity contribution in [3.05, 3.63) is 64.8 Å². The van der Waals surface area contributed by atoms with Gasteiger partial charge in [-0.25, -0.2) is 17.9 Å². The first-order chi connectivity index (χ1) is 12.8. The van der Waals surface area contributed by atoms with Crippen LogP contribution in [0.5, 0.6) is 0 Å². The molecule has 0 saturated heterocycles. The molecule has 0 aliphatic rings. The van der Waals surface area contributed by atoms with Crippen LogP contribution in [0.25, 0.3) is 22.1 Å². The van der Waals surface area contributed by atoms with E-state index >= 15 is 0 Å². The topological polar surface area (TPSA) is 94.5 Å². The number of furan rings is 1. The van der Waals surface area contributed by atoms with Crippen LogP contribution >= 0.6 is 0 Å². The number of nitrogens with zero attached hydrogens (tertiary/aromatic N) is 1. The van der Waals surface area contributed by atoms with E-state index in [0.717, 1.165) is 11.0 Å². The van der Waals surface area contributed by atoms with Crippen molar-refractivity contribution >= 4 is 32.1 Å². The normalized spacial score (nSPS) is 13.4. The lowest BCUT2D eigenvalue weighted by molar-refractivity contribution is 0.504. The zero-order valence-corrected chi connectivity index (χ0v) is 15.6. The van der Waals surface area contributed by atoms with Gasteiger partial charge in [-0.1, -0.05) is 18.2 Å². The quantitative estimate of drug-likeness (QED) is 0.569. The summed E-state index contributed by atoms with van der Waals surface area (Å²) >= 11 is 0. The Balaban J connectivity index is 1.56. The maximum Gasteiger partial charge on any atom is 0.419 e. The second-order valence-corrected chi connectivity index (χ2v) is 8.25. The van der Waals surface area contributed by atoms with Crippen LogP contribution in [0.1, 0.15) is 12.7 Å². The van der Waals surface area contributed by atoms with E-state index in [1.165, 1.54) is 29.8 Å². The smallest absolute Gasteiger partial charge is 0.419 e. The van der Waals surface area contributed by atoms with Gasteiger partial charge in [0.25, 0.3) is 0 Å². The molecule has 0 spiro atoms. The summed E-state index contributed by atoms with van der Waals surface area (Å²) in [6.07, 6.45) is 0.417. The van der Waals surface area contributed by atoms with Crippen LogP contribution in [0.15, 0.2) is 67.1 Å². The molecule has 2 aromatic heterocycles. The molecule has 0 amide bonds. The number of oxazole rings is 1. The van der Waals surface area contributed by atoms with Crippen LogP contribution in [-0.2, 0) is 23.5 Å². The van der Waals surface area contributed by atoms with Crippen molar-refractivity contribution in [1.82, 2.24) is 9.29 Å². The molecular weight excluding hydrogens is 368 g/mol. The predicted octanol–water partition coefficient (Wildman–Crippen LogP) is 2.79. The van der Waals surface area contributed by atoms with Gasteiger partial charge in [-0.3, -0.25) is 4.57 Å². The Morgan fingerprint density at radius 1 is 1.07 bits per heavy atom. The average molecular weight is 386 g/mol. The van der Waals surface area contributed by atoms with Gasteiger partial charge in [-0.05, 0) is 37.3 Å². The molecule has 140 valence electrons. The molecule has 0 unspecified atom stereocenters. The van der Waals surface area contributed by atoms with Gasteiger partial charge in [-0.2, -0.15) is 0 Å². The predicted molar refractivity (Wildman–Crippen MR) is 101 cm³/mol. The van der Waals surface area contributed by atoms with E-state index in [1.54, 1.807) is 6.92 Å². The number of benzene rings is 2. The molecule has 0 fully saturated rings. The number of sulfonamides is 1. The maximum atomic E-state index is 12.7. The fraction of sp³-hybridized carbons (Fsp3) is 0.211. The molecule has 2 aromatic carbocycles. The molecule has 4 rings (SSSR count). The lowest BCUT2D eigenvalue weighted by atomic mass is 10.2. The van der Waals surface area contributed by atoms with Gasteiger partial charge in [0.05, 0.1) is 10.4 Å². The molecule has 27 heavy (non-hydrogen) atoms. The van der Waals surface area contributed by atoms with Gasteiger partial charge in [0, 0.05) is 24.9 Å². The number of aryl methyl sites for hydroxylation is 1. The zero-order valence-electron chi connectivity index (χ0n) is 14.8. The van der Waals surface area contributed by atoms with Crippen molar-refractivity contribution in [3.8, 4) is 0 Å². The number of fused-ring (bicyclic) bond motifs is 2. The molecule has 1 N–H and O–H groups in total. The third kappa shape index (κ3) is 3.29. The first kappa shape index (κ1) is 17.6. The first-order valence-corrected chi connectivity index (χ1v) is 9.91. The van der Waals surface area contributed by atoms with E-state index in [4.69, 9.17) is 8.83 Å². The molecule has 0 bridgehead atoms. The number of rotatable bonds is 5. The Morgan fingerprint density at radius 3 is 2.63 bits per heavy atom. The maximum absolute atomic E-state index is 12.7. The van der Waals surface area contributed by atoms with E-state index in [0.29, 0.717) is 23.3 Å². The third-order valence-corrected chi connectivity index (χ3v) is 6.00. The Hall–Kier alpha value is -2.84. The Kier molecular flexibility index (Phi) is 4.16. The zero-order chi connectivity index (χ0) is 19.2. The second-order valence-electron chi connectivity index (χ2n) is 6.53. The van der Waals surface area contributed by atoms with Crippen LogP contribution in [0, 0.1) is 0 Å². The summed E-state index contributed by atoms with van der Waals surface area (Å²) in [6.45, 7) is 1.77. The van der Waals surface area contributed by atoms with Crippen molar-refractivity contribution in [3.63, 3.8) is 0 Å². The molecule has 1 atom stereocenters. The van der Waals surface area contributed by atoms with E-state index in [9.17, 15) is 13.2 Å². The van der Waals surface area contributed by atoms with E-state index in [1.807, 2.05) is 30.3 Å². The molecule has 8 heteroatoms. The highest BCUT2D eigenvalue weighted by atomic mass is 32.2. The molecule has 0 aliphatic heterocycles. The minimum absolute atomic E-state index is 0.0721. The summed E-state index contributed by atoms with van der Waals surface area (Å²) in [5.74, 6) is 0.171. The van der Waals surface area contributed by atoms with E-state index < -0.39 is 15.8 Å². The summed E-state index contributed by atoms with van der Waals surface area (Å²) < 4.78 is 40.1. The summed E-state index contributed by atoms with van der Waals surface area (Å²) in [5, 5.41) is 0.980. The van der Waals surface area contributed by atoms with Crippen molar-refractivity contribution in [2.45, 2.75) is 24.3 Å². The number of para-hydroxylation sites is 1. The fourth-order valence-electron chi connectivity index (χ4n) is 3.09. The van der Waals surface area contributed by atoms with Crippen LogP contribution < -0.4 is 10.5 Å². The van der Waals surface area contributed by atoms with Crippen molar-refractivity contribution < 1.29 is 17.3 Å². The Morgan fingerprint density at radius 2 is 1.85 bits per heavy atom. The summed E-state index contributed by atoms with van der Waals surface area (Å²) in [6, 6.07) is 13.5. The average Bonchev–Trinajstić information content (AvgIpc) is 3.14. The Bertz CT molecular complexity index is 1260. The number of nitrogens with one attached hydrogen (secondary N) is 1. The SMILES string of the molecule is C[C@@H](Cc1cc2ccccc2o1)NS(=O)(=O)c1ccc2oc(=O)n(C)c2c1. The number of hydrogen-bond donors (Lipinski definition) is 1. The van der Waals surface area contributed by atoms with Gasteiger partial charge in [0.1, 0.15) is 11.3 Å². The standard InChI is InChI=1S/C19H18N2O5S/c1-12(9-14-10-13-5-3-4-6-17(13)25-14)20-27(23,24)15-7-8-18-16(11-15)21(2)19(22)26-18/h3-8,10-12,20H,9H2,1-2H3/t12-/m0/s1. The molecular formula is C19H18N2O5S. The van der Waals surface area contributed by atoms with Crippen molar-refractivity contribution in [1.29, 1.82) is 0 Å². The molecule has 0 aliphatic carbocycles. The minimum atomic E-state index is -3.76. The van der Waals surface area contributed by atoms with Gasteiger partial charge in [-0.15, -0.1) is 0 Å². The van der Waals surface area contributed by atoms with Gasteiger partial charge >= 0.3 is 5.76 Å². The first-order valence-electron chi connectivity index (χ1n) is 8.43. The van der Waals surface area contributed by atoms with E-state index in [-0.39, 0.29) is 10.9 Å². The molecule has 7 nitrogen and oxygen atoms in total. The Labute approximate surface area is 155 Å². The third-order valence-electron chi connectivity index (χ3n) is 4.41. The van der Waals surface area contributed by atoms with E-state index in [2.05, 4.69) is 4.72 Å². The largest absolute Gasteiger partial charge is 0.461 e. The monoisotopic (exact) mass is 386 g/mol. The number of aromatic nitrogens is 1. The molecule has 2 heterocycles. The van der Waals surface area contributed by atoms with Crippen molar-refractivity contribution in [2.75, 3.05) is 0 Å². The van der Waals surface area contributed by atoms with Crippen LogP contribution in [0.2, 0.25) is 0 Å². The molecule has 0 radical (unpaired) electrons. The van der Waals surface area contributed by atoms with Crippen molar-refractivity contribution in [2.24, 2.45) is 7.05 Å². The fourth-order valence-corrected chi connectivity index (χ4v) is 4.35. The molecule has 4 aromatic rings. The highest BCUT2D eigenvalue weighted by Gasteiger charge is 2.20. The van der Waals surface area contributed by atoms with Gasteiger partial charge < -0.3 is 8.83 Å². The summed E-state index contributed by atoms with van der Waals surface area (Å²) in [4.78, 5) is 11.6. The highest BCUT2D eigenvalue weighted by Crippen LogP contribution is 2.21. The summed E-state index contributed by atoms with van der Waals surface area (Å²) in [7, 11) is -2.23. The highest BCUT2D eigenvalue weighted by molar-refractivity contribution is 7.89. The second kappa shape index (κ2) is 6.40.